The van der Waals surface area contributed by atoms with Gasteiger partial charge in [0.25, 0.3) is 0 Å². The van der Waals surface area contributed by atoms with Crippen LogP contribution in [0.15, 0.2) is 0 Å². The zero-order chi connectivity index (χ0) is 20.4. The molecule has 0 aromatic heterocycles. The van der Waals surface area contributed by atoms with Gasteiger partial charge in [-0.25, -0.2) is 14.4 Å². The van der Waals surface area contributed by atoms with Crippen LogP contribution in [0.1, 0.15) is 63.5 Å². The van der Waals surface area contributed by atoms with E-state index in [2.05, 4.69) is 10.6 Å². The van der Waals surface area contributed by atoms with Gasteiger partial charge < -0.3 is 25.2 Å². The van der Waals surface area contributed by atoms with Crippen LogP contribution in [0.3, 0.4) is 0 Å². The van der Waals surface area contributed by atoms with Crippen molar-refractivity contribution in [1.82, 2.24) is 10.6 Å². The lowest BCUT2D eigenvalue weighted by Crippen LogP contribution is -2.43. The standard InChI is InChI=1S/C16H30N2O6/c1-15(2,3)23-13(21)17-10-8-7-9-11(12(19)20)18-14(22)24-16(4,5)6/h11H,7-10H2,1-6H3,(H,17,21)(H,18,22)(H,19,20)/t11-/m0/s1/i1D,4D. The van der Waals surface area contributed by atoms with Gasteiger partial charge in [0.05, 0.1) is 0 Å². The molecule has 0 saturated heterocycles. The number of carbonyl (C=O) groups excluding carboxylic acids is 2. The number of ether oxygens (including phenoxy) is 2. The van der Waals surface area contributed by atoms with Crippen molar-refractivity contribution in [3.05, 3.63) is 0 Å². The summed E-state index contributed by atoms with van der Waals surface area (Å²) in [5.74, 6) is -1.19. The Balaban J connectivity index is 4.18. The van der Waals surface area contributed by atoms with Crippen molar-refractivity contribution in [1.29, 1.82) is 0 Å². The minimum Gasteiger partial charge on any atom is -0.480 e. The molecule has 0 spiro atoms. The van der Waals surface area contributed by atoms with E-state index < -0.39 is 35.4 Å². The Morgan fingerprint density at radius 3 is 2.08 bits per heavy atom. The summed E-state index contributed by atoms with van der Waals surface area (Å²) in [4.78, 5) is 34.5. The fourth-order valence-corrected chi connectivity index (χ4v) is 1.63. The third kappa shape index (κ3) is 12.5. The highest BCUT2D eigenvalue weighted by molar-refractivity contribution is 5.79. The Bertz CT molecular complexity index is 485. The highest BCUT2D eigenvalue weighted by atomic mass is 16.6. The molecule has 3 N–H and O–H groups in total. The lowest BCUT2D eigenvalue weighted by Gasteiger charge is -2.22. The third-order valence-corrected chi connectivity index (χ3v) is 2.52. The molecule has 0 aliphatic rings. The SMILES string of the molecule is [2H]CC(C)(C)OC(=O)NCCCC[C@H](NC(=O)OC(C)(C)C[2H])C(=O)O. The van der Waals surface area contributed by atoms with Gasteiger partial charge in [0, 0.05) is 9.29 Å². The van der Waals surface area contributed by atoms with E-state index in [0.29, 0.717) is 12.8 Å². The molecule has 24 heavy (non-hydrogen) atoms. The van der Waals surface area contributed by atoms with Crippen LogP contribution in [0.5, 0.6) is 0 Å². The molecule has 0 aliphatic carbocycles. The second-order valence-electron chi connectivity index (χ2n) is 6.76. The number of hydrogen-bond acceptors (Lipinski definition) is 5. The van der Waals surface area contributed by atoms with Gasteiger partial charge in [0.15, 0.2) is 0 Å². The van der Waals surface area contributed by atoms with E-state index in [1.54, 1.807) is 27.7 Å². The Morgan fingerprint density at radius 1 is 1.04 bits per heavy atom. The molecule has 8 heteroatoms. The van der Waals surface area contributed by atoms with Crippen LogP contribution in [-0.4, -0.2) is 47.1 Å². The van der Waals surface area contributed by atoms with Crippen LogP contribution >= 0.6 is 0 Å². The number of alkyl carbamates (subject to hydrolysis) is 2. The van der Waals surface area contributed by atoms with Crippen LogP contribution in [0.2, 0.25) is 0 Å². The van der Waals surface area contributed by atoms with Gasteiger partial charge in [-0.05, 0) is 60.8 Å². The summed E-state index contributed by atoms with van der Waals surface area (Å²) in [6.45, 7) is 6.46. The summed E-state index contributed by atoms with van der Waals surface area (Å²) < 4.78 is 24.5. The first-order chi connectivity index (χ1) is 11.9. The van der Waals surface area contributed by atoms with Crippen LogP contribution in [0.25, 0.3) is 0 Å². The van der Waals surface area contributed by atoms with Gasteiger partial charge in [-0.15, -0.1) is 0 Å². The summed E-state index contributed by atoms with van der Waals surface area (Å²) in [5, 5.41) is 14.0. The van der Waals surface area contributed by atoms with E-state index in [0.717, 1.165) is 0 Å². The lowest BCUT2D eigenvalue weighted by atomic mass is 10.1. The molecule has 0 heterocycles. The van der Waals surface area contributed by atoms with Gasteiger partial charge in [0.1, 0.15) is 17.2 Å². The average Bonchev–Trinajstić information content (AvgIpc) is 2.52. The van der Waals surface area contributed by atoms with Crippen molar-refractivity contribution in [3.63, 3.8) is 0 Å². The second kappa shape index (κ2) is 9.34. The molecule has 140 valence electrons. The molecule has 2 amide bonds. The summed E-state index contributed by atoms with van der Waals surface area (Å²) in [6.07, 6.45) is -0.401. The van der Waals surface area contributed by atoms with Crippen molar-refractivity contribution in [2.75, 3.05) is 6.54 Å². The highest BCUT2D eigenvalue weighted by Crippen LogP contribution is 2.09. The largest absolute Gasteiger partial charge is 0.480 e. The predicted octanol–water partition coefficient (Wildman–Crippen LogP) is 2.66. The molecular formula is C16H30N2O6. The summed E-state index contributed by atoms with van der Waals surface area (Å²) in [5.41, 5.74) is -1.86. The number of aliphatic carboxylic acids is 1. The van der Waals surface area contributed by atoms with Crippen molar-refractivity contribution in [2.24, 2.45) is 0 Å². The van der Waals surface area contributed by atoms with Crippen molar-refractivity contribution in [2.45, 2.75) is 78.0 Å². The number of unbranched alkanes of at least 4 members (excludes halogenated alkanes) is 1. The molecule has 0 radical (unpaired) electrons. The van der Waals surface area contributed by atoms with Crippen LogP contribution < -0.4 is 10.6 Å². The fourth-order valence-electron chi connectivity index (χ4n) is 1.63. The van der Waals surface area contributed by atoms with Crippen LogP contribution in [-0.2, 0) is 14.3 Å². The topological polar surface area (TPSA) is 114 Å². The molecule has 0 saturated carbocycles. The van der Waals surface area contributed by atoms with Crippen LogP contribution in [0, 0.1) is 0 Å². The number of nitrogens with one attached hydrogen (secondary N) is 2. The minimum atomic E-state index is -1.19. The molecule has 0 unspecified atom stereocenters. The Morgan fingerprint density at radius 2 is 1.58 bits per heavy atom. The first kappa shape index (κ1) is 18.4. The first-order valence-electron chi connectivity index (χ1n) is 9.11. The molecule has 0 aromatic carbocycles. The van der Waals surface area contributed by atoms with E-state index in [1.807, 2.05) is 0 Å². The fraction of sp³-hybridized carbons (Fsp3) is 0.812. The maximum Gasteiger partial charge on any atom is 0.408 e. The quantitative estimate of drug-likeness (QED) is 0.609. The van der Waals surface area contributed by atoms with Gasteiger partial charge in [0.2, 0.25) is 0 Å². The number of hydrogen-bond donors (Lipinski definition) is 3. The molecule has 0 fully saturated rings. The summed E-state index contributed by atoms with van der Waals surface area (Å²) in [6, 6.07) is -1.11. The monoisotopic (exact) mass is 348 g/mol. The van der Waals surface area contributed by atoms with E-state index in [4.69, 9.17) is 17.3 Å². The molecule has 1 atom stereocenters. The van der Waals surface area contributed by atoms with Gasteiger partial charge >= 0.3 is 18.2 Å². The summed E-state index contributed by atoms with van der Waals surface area (Å²) in [7, 11) is 0. The predicted molar refractivity (Wildman–Crippen MR) is 88.9 cm³/mol. The molecule has 0 aromatic rings. The highest BCUT2D eigenvalue weighted by Gasteiger charge is 2.23. The normalized spacial score (nSPS) is 14.0. The Labute approximate surface area is 146 Å². The van der Waals surface area contributed by atoms with Crippen LogP contribution in [0.4, 0.5) is 9.59 Å². The second-order valence-corrected chi connectivity index (χ2v) is 6.76. The number of carboxylic acid groups (broad SMARTS) is 1. The van der Waals surface area contributed by atoms with Crippen molar-refractivity contribution in [3.8, 4) is 0 Å². The first-order valence-corrected chi connectivity index (χ1v) is 7.70. The number of carboxylic acids is 1. The minimum absolute atomic E-state index is 0.0560. The summed E-state index contributed by atoms with van der Waals surface area (Å²) >= 11 is 0. The van der Waals surface area contributed by atoms with Crippen molar-refractivity contribution >= 4 is 18.2 Å². The molecule has 0 bridgehead atoms. The van der Waals surface area contributed by atoms with E-state index in [1.165, 1.54) is 0 Å². The molecule has 0 aliphatic heterocycles. The van der Waals surface area contributed by atoms with Gasteiger partial charge in [-0.2, -0.15) is 0 Å². The van der Waals surface area contributed by atoms with Crippen molar-refractivity contribution < 1.29 is 31.7 Å². The van der Waals surface area contributed by atoms with E-state index in [9.17, 15) is 14.4 Å². The molecular weight excluding hydrogens is 316 g/mol. The Kier molecular flexibility index (Phi) is 7.14. The number of carbonyl (C=O) groups is 3. The third-order valence-electron chi connectivity index (χ3n) is 2.52. The number of amides is 2. The maximum atomic E-state index is 11.7. The average molecular weight is 348 g/mol. The van der Waals surface area contributed by atoms with E-state index >= 15 is 0 Å². The molecule has 8 nitrogen and oxygen atoms in total. The van der Waals surface area contributed by atoms with Gasteiger partial charge in [-0.3, -0.25) is 0 Å². The zero-order valence-corrected chi connectivity index (χ0v) is 14.8. The smallest absolute Gasteiger partial charge is 0.408 e. The zero-order valence-electron chi connectivity index (χ0n) is 16.8. The lowest BCUT2D eigenvalue weighted by molar-refractivity contribution is -0.139. The van der Waals surface area contributed by atoms with E-state index in [-0.39, 0.29) is 26.8 Å². The number of rotatable bonds is 7. The molecule has 0 rings (SSSR count). The van der Waals surface area contributed by atoms with Gasteiger partial charge in [-0.1, -0.05) is 0 Å². The maximum absolute atomic E-state index is 11.7. The Hall–Kier alpha value is -1.99.